The molecule has 0 radical (unpaired) electrons. The molecule has 4 fully saturated rings. The molecule has 0 aromatic rings. The van der Waals surface area contributed by atoms with Crippen LogP contribution >= 0.6 is 0 Å². The van der Waals surface area contributed by atoms with Crippen LogP contribution in [0.2, 0.25) is 0 Å². The maximum absolute atomic E-state index is 7.12. The lowest BCUT2D eigenvalue weighted by molar-refractivity contribution is -0.00544. The van der Waals surface area contributed by atoms with Gasteiger partial charge in [0.25, 0.3) is 0 Å². The average Bonchev–Trinajstić information content (AvgIpc) is 2.40. The zero-order chi connectivity index (χ0) is 14.6. The molecular formula is C17H23BO3. The Morgan fingerprint density at radius 2 is 1.57 bits per heavy atom. The van der Waals surface area contributed by atoms with E-state index in [1.165, 1.54) is 49.7 Å². The van der Waals surface area contributed by atoms with Gasteiger partial charge in [0, 0.05) is 5.56 Å². The van der Waals surface area contributed by atoms with Crippen LogP contribution in [0.15, 0.2) is 12.1 Å². The van der Waals surface area contributed by atoms with E-state index in [0.717, 1.165) is 23.5 Å². The molecule has 0 atom stereocenters. The van der Waals surface area contributed by atoms with E-state index in [1.54, 1.807) is 5.56 Å². The molecule has 3 nitrogen and oxygen atoms in total. The lowest BCUT2D eigenvalue weighted by Gasteiger charge is -2.58. The summed E-state index contributed by atoms with van der Waals surface area (Å²) in [6.45, 7) is 0. The van der Waals surface area contributed by atoms with Crippen LogP contribution in [-0.2, 0) is 5.41 Å². The van der Waals surface area contributed by atoms with Crippen molar-refractivity contribution in [2.24, 2.45) is 17.8 Å². The van der Waals surface area contributed by atoms with Crippen molar-refractivity contribution in [1.82, 2.24) is 0 Å². The summed E-state index contributed by atoms with van der Waals surface area (Å²) in [5.74, 6) is 4.27. The Hall–Kier alpha value is -0.995. The van der Waals surface area contributed by atoms with Crippen LogP contribution in [0.3, 0.4) is 0 Å². The zero-order valence-electron chi connectivity index (χ0n) is 12.6. The fourth-order valence-electron chi connectivity index (χ4n) is 5.92. The van der Waals surface area contributed by atoms with Gasteiger partial charge in [-0.25, -0.2) is 0 Å². The number of fused-ring (bicyclic) bond motifs is 1. The van der Waals surface area contributed by atoms with Crippen LogP contribution < -0.4 is 4.74 Å². The molecule has 0 aliphatic heterocycles. The van der Waals surface area contributed by atoms with Crippen LogP contribution in [-0.4, -0.2) is 24.8 Å². The summed E-state index contributed by atoms with van der Waals surface area (Å²) in [5, 5.41) is 14.2. The van der Waals surface area contributed by atoms with Crippen LogP contribution in [0.4, 0.5) is 0 Å². The molecule has 0 saturated heterocycles. The van der Waals surface area contributed by atoms with Gasteiger partial charge in [0.2, 0.25) is 0 Å². The predicted molar refractivity (Wildman–Crippen MR) is 83.4 cm³/mol. The van der Waals surface area contributed by atoms with Gasteiger partial charge in [-0.1, -0.05) is 0 Å². The van der Waals surface area contributed by atoms with Crippen LogP contribution in [0, 0.1) is 17.8 Å². The highest BCUT2D eigenvalue weighted by Crippen LogP contribution is 2.65. The van der Waals surface area contributed by atoms with Crippen LogP contribution in [0.1, 0.15) is 44.1 Å². The SMILES string of the molecule is COc1cc2cc(C34CC5CC(CC(C5)C3)C4)c1-2.OBO. The van der Waals surface area contributed by atoms with E-state index in [9.17, 15) is 0 Å². The fourth-order valence-corrected chi connectivity index (χ4v) is 5.92. The van der Waals surface area contributed by atoms with Gasteiger partial charge in [-0.3, -0.25) is 0 Å². The molecule has 2 N–H and O–H groups in total. The van der Waals surface area contributed by atoms with Crippen molar-refractivity contribution in [1.29, 1.82) is 0 Å². The second-order valence-corrected chi connectivity index (χ2v) is 7.44. The molecule has 0 unspecified atom stereocenters. The molecule has 6 rings (SSSR count). The second kappa shape index (κ2) is 4.75. The van der Waals surface area contributed by atoms with E-state index < -0.39 is 7.69 Å². The molecule has 0 aromatic carbocycles. The molecule has 0 amide bonds. The maximum Gasteiger partial charge on any atom is 0.432 e. The van der Waals surface area contributed by atoms with Crippen molar-refractivity contribution in [2.75, 3.05) is 7.11 Å². The lowest BCUT2D eigenvalue weighted by Crippen LogP contribution is -2.49. The van der Waals surface area contributed by atoms with Crippen LogP contribution in [0.25, 0.3) is 11.1 Å². The monoisotopic (exact) mass is 286 g/mol. The third kappa shape index (κ3) is 1.88. The summed E-state index contributed by atoms with van der Waals surface area (Å²) in [6.07, 6.45) is 9.01. The molecule has 0 aromatic heterocycles. The van der Waals surface area contributed by atoms with E-state index in [2.05, 4.69) is 12.1 Å². The summed E-state index contributed by atoms with van der Waals surface area (Å²) < 4.78 is 5.48. The van der Waals surface area contributed by atoms with Gasteiger partial charge in [-0.2, -0.15) is 0 Å². The summed E-state index contributed by atoms with van der Waals surface area (Å²) in [4.78, 5) is 0. The van der Waals surface area contributed by atoms with Crippen molar-refractivity contribution in [2.45, 2.75) is 43.9 Å². The Balaban J connectivity index is 0.000000357. The first-order chi connectivity index (χ1) is 10.2. The highest BCUT2D eigenvalue weighted by Gasteiger charge is 2.53. The molecule has 4 saturated carbocycles. The highest BCUT2D eigenvalue weighted by atomic mass is 16.5. The number of benzene rings is 1. The largest absolute Gasteiger partial charge is 0.496 e. The third-order valence-electron chi connectivity index (χ3n) is 6.22. The van der Waals surface area contributed by atoms with Crippen molar-refractivity contribution in [3.8, 4) is 16.9 Å². The van der Waals surface area contributed by atoms with E-state index in [0.29, 0.717) is 5.41 Å². The van der Waals surface area contributed by atoms with Gasteiger partial charge < -0.3 is 14.8 Å². The first-order valence-electron chi connectivity index (χ1n) is 8.13. The van der Waals surface area contributed by atoms with E-state index in [1.807, 2.05) is 7.11 Å². The minimum absolute atomic E-state index is 0.561. The highest BCUT2D eigenvalue weighted by molar-refractivity contribution is 6.13. The Kier molecular flexibility index (Phi) is 3.09. The minimum Gasteiger partial charge on any atom is -0.496 e. The maximum atomic E-state index is 7.12. The fraction of sp³-hybridized carbons (Fsp3) is 0.647. The Labute approximate surface area is 126 Å². The van der Waals surface area contributed by atoms with E-state index >= 15 is 0 Å². The number of ether oxygens (including phenoxy) is 1. The average molecular weight is 286 g/mol. The number of methoxy groups -OCH3 is 1. The van der Waals surface area contributed by atoms with Gasteiger partial charge in [-0.15, -0.1) is 0 Å². The summed E-state index contributed by atoms with van der Waals surface area (Å²) in [7, 11) is 1.06. The van der Waals surface area contributed by atoms with Crippen molar-refractivity contribution < 1.29 is 14.8 Å². The molecule has 4 heteroatoms. The lowest BCUT2D eigenvalue weighted by atomic mass is 9.46. The Morgan fingerprint density at radius 1 is 1.05 bits per heavy atom. The summed E-state index contributed by atoms with van der Waals surface area (Å²) >= 11 is 0. The molecule has 4 bridgehead atoms. The Bertz CT molecular complexity index is 534. The molecule has 112 valence electrons. The molecule has 6 aliphatic carbocycles. The second-order valence-electron chi connectivity index (χ2n) is 7.44. The quantitative estimate of drug-likeness (QED) is 0.833. The Morgan fingerprint density at radius 3 is 2.00 bits per heavy atom. The smallest absolute Gasteiger partial charge is 0.432 e. The molecular weight excluding hydrogens is 263 g/mol. The van der Waals surface area contributed by atoms with E-state index in [4.69, 9.17) is 14.8 Å². The minimum atomic E-state index is -0.750. The van der Waals surface area contributed by atoms with Gasteiger partial charge >= 0.3 is 7.69 Å². The number of hydrogen-bond acceptors (Lipinski definition) is 3. The topological polar surface area (TPSA) is 49.7 Å². The number of hydrogen-bond donors (Lipinski definition) is 2. The standard InChI is InChI=1S/C17H20O.BH3O2/c1-18-15-6-13-5-14(16(13)15)17-7-10-2-11(8-17)4-12(3-10)9-17;2-1-3/h5-6,10-12H,2-4,7-9H2,1H3;1-3H. The van der Waals surface area contributed by atoms with Crippen LogP contribution in [0.5, 0.6) is 5.75 Å². The van der Waals surface area contributed by atoms with E-state index in [-0.39, 0.29) is 0 Å². The van der Waals surface area contributed by atoms with Gasteiger partial charge in [0.1, 0.15) is 5.75 Å². The summed E-state index contributed by atoms with van der Waals surface area (Å²) in [6, 6.07) is 4.66. The number of rotatable bonds is 2. The van der Waals surface area contributed by atoms with Gasteiger partial charge in [0.05, 0.1) is 7.11 Å². The van der Waals surface area contributed by atoms with Gasteiger partial charge in [-0.05, 0) is 85.0 Å². The summed E-state index contributed by atoms with van der Waals surface area (Å²) in [5.41, 5.74) is 5.19. The van der Waals surface area contributed by atoms with Crippen molar-refractivity contribution in [3.63, 3.8) is 0 Å². The van der Waals surface area contributed by atoms with Gasteiger partial charge in [0.15, 0.2) is 0 Å². The molecule has 0 heterocycles. The molecule has 0 spiro atoms. The predicted octanol–water partition coefficient (Wildman–Crippen LogP) is 2.38. The molecule has 6 aliphatic rings. The van der Waals surface area contributed by atoms with Crippen molar-refractivity contribution in [3.05, 3.63) is 17.7 Å². The normalized spacial score (nSPS) is 36.8. The van der Waals surface area contributed by atoms with Crippen molar-refractivity contribution >= 4 is 7.69 Å². The first-order valence-corrected chi connectivity index (χ1v) is 8.13. The third-order valence-corrected chi connectivity index (χ3v) is 6.22. The zero-order valence-corrected chi connectivity index (χ0v) is 12.6. The first kappa shape index (κ1) is 13.7. The molecule has 21 heavy (non-hydrogen) atoms.